The van der Waals surface area contributed by atoms with Crippen LogP contribution in [0.2, 0.25) is 0 Å². The van der Waals surface area contributed by atoms with Gasteiger partial charge in [-0.25, -0.2) is 0 Å². The molecule has 1 N–H and O–H groups in total. The number of nitrogens with zero attached hydrogens (tertiary/aromatic N) is 2. The third kappa shape index (κ3) is 4.55. The van der Waals surface area contributed by atoms with E-state index in [1.165, 1.54) is 0 Å². The normalized spacial score (nSPS) is 26.4. The molecule has 2 fully saturated rings. The molecule has 104 valence electrons. The van der Waals surface area contributed by atoms with Gasteiger partial charge in [0.25, 0.3) is 0 Å². The highest BCUT2D eigenvalue weighted by Crippen LogP contribution is 2.10. The van der Waals surface area contributed by atoms with Gasteiger partial charge in [-0.2, -0.15) is 0 Å². The topological polar surface area (TPSA) is 44.8 Å². The maximum Gasteiger partial charge on any atom is 0.221 e. The number of carbonyl (C=O) groups is 1. The summed E-state index contributed by atoms with van der Waals surface area (Å²) in [6, 6.07) is 0. The number of hydrogen-bond donors (Lipinski definition) is 1. The number of hydrogen-bond acceptors (Lipinski definition) is 4. The van der Waals surface area contributed by atoms with Crippen LogP contribution in [0, 0.1) is 0 Å². The number of ether oxygens (including phenoxy) is 1. The van der Waals surface area contributed by atoms with Crippen molar-refractivity contribution in [3.05, 3.63) is 0 Å². The summed E-state index contributed by atoms with van der Waals surface area (Å²) in [6.45, 7) is 6.79. The number of amides is 1. The Balaban J connectivity index is 1.54. The predicted molar refractivity (Wildman–Crippen MR) is 70.5 cm³/mol. The molecule has 5 nitrogen and oxygen atoms in total. The van der Waals surface area contributed by atoms with E-state index in [0.717, 1.165) is 52.2 Å². The Morgan fingerprint density at radius 1 is 1.33 bits per heavy atom. The first-order chi connectivity index (χ1) is 8.74. The first kappa shape index (κ1) is 13.8. The van der Waals surface area contributed by atoms with Crippen molar-refractivity contribution in [1.29, 1.82) is 0 Å². The first-order valence-corrected chi connectivity index (χ1v) is 7.03. The maximum atomic E-state index is 11.7. The minimum Gasteiger partial charge on any atom is -0.376 e. The van der Waals surface area contributed by atoms with Crippen molar-refractivity contribution in [2.75, 3.05) is 52.9 Å². The van der Waals surface area contributed by atoms with Crippen LogP contribution in [-0.4, -0.2) is 74.7 Å². The second-order valence-electron chi connectivity index (χ2n) is 5.33. The molecule has 2 aliphatic heterocycles. The van der Waals surface area contributed by atoms with Gasteiger partial charge in [0, 0.05) is 52.3 Å². The number of likely N-dealkylation sites (N-methyl/N-ethyl adjacent to an activating group) is 1. The van der Waals surface area contributed by atoms with Crippen molar-refractivity contribution in [2.24, 2.45) is 0 Å². The van der Waals surface area contributed by atoms with Crippen molar-refractivity contribution in [2.45, 2.75) is 25.4 Å². The van der Waals surface area contributed by atoms with E-state index in [-0.39, 0.29) is 12.0 Å². The fourth-order valence-electron chi connectivity index (χ4n) is 2.45. The Morgan fingerprint density at radius 2 is 2.11 bits per heavy atom. The second-order valence-corrected chi connectivity index (χ2v) is 5.33. The molecule has 0 bridgehead atoms. The molecule has 0 aliphatic carbocycles. The lowest BCUT2D eigenvalue weighted by Gasteiger charge is -2.32. The third-order valence-corrected chi connectivity index (χ3v) is 3.80. The predicted octanol–water partition coefficient (Wildman–Crippen LogP) is -0.0809. The standard InChI is InChI=1S/C13H25N3O2/c1-15-6-8-16(9-7-15)5-4-13(17)14-11-12-3-2-10-18-12/h12H,2-11H2,1H3,(H,14,17). The quantitative estimate of drug-likeness (QED) is 0.746. The van der Waals surface area contributed by atoms with Crippen LogP contribution >= 0.6 is 0 Å². The third-order valence-electron chi connectivity index (χ3n) is 3.80. The van der Waals surface area contributed by atoms with Crippen molar-refractivity contribution in [3.8, 4) is 0 Å². The van der Waals surface area contributed by atoms with Crippen LogP contribution in [0.5, 0.6) is 0 Å². The highest BCUT2D eigenvalue weighted by Gasteiger charge is 2.17. The van der Waals surface area contributed by atoms with E-state index < -0.39 is 0 Å². The fraction of sp³-hybridized carbons (Fsp3) is 0.923. The average molecular weight is 255 g/mol. The zero-order valence-corrected chi connectivity index (χ0v) is 11.4. The van der Waals surface area contributed by atoms with E-state index in [1.807, 2.05) is 0 Å². The van der Waals surface area contributed by atoms with E-state index in [2.05, 4.69) is 22.2 Å². The maximum absolute atomic E-state index is 11.7. The molecule has 2 heterocycles. The number of nitrogens with one attached hydrogen (secondary N) is 1. The van der Waals surface area contributed by atoms with Gasteiger partial charge in [0.2, 0.25) is 5.91 Å². The van der Waals surface area contributed by atoms with Crippen LogP contribution < -0.4 is 5.32 Å². The molecule has 0 aromatic rings. The van der Waals surface area contributed by atoms with Gasteiger partial charge in [0.05, 0.1) is 6.10 Å². The molecule has 0 spiro atoms. The highest BCUT2D eigenvalue weighted by molar-refractivity contribution is 5.76. The minimum absolute atomic E-state index is 0.157. The van der Waals surface area contributed by atoms with E-state index in [0.29, 0.717) is 13.0 Å². The molecule has 0 aromatic heterocycles. The molecule has 1 amide bonds. The Bertz CT molecular complexity index is 259. The number of rotatable bonds is 5. The summed E-state index contributed by atoms with van der Waals surface area (Å²) < 4.78 is 5.48. The molecule has 2 saturated heterocycles. The smallest absolute Gasteiger partial charge is 0.221 e. The zero-order valence-electron chi connectivity index (χ0n) is 11.4. The van der Waals surface area contributed by atoms with Crippen molar-refractivity contribution < 1.29 is 9.53 Å². The summed E-state index contributed by atoms with van der Waals surface area (Å²) >= 11 is 0. The largest absolute Gasteiger partial charge is 0.376 e. The summed E-state index contributed by atoms with van der Waals surface area (Å²) in [7, 11) is 2.14. The van der Waals surface area contributed by atoms with E-state index in [1.54, 1.807) is 0 Å². The van der Waals surface area contributed by atoms with E-state index in [4.69, 9.17) is 4.74 Å². The second kappa shape index (κ2) is 7.07. The van der Waals surface area contributed by atoms with Crippen LogP contribution in [0.25, 0.3) is 0 Å². The number of carbonyl (C=O) groups excluding carboxylic acids is 1. The van der Waals surface area contributed by atoms with Crippen molar-refractivity contribution >= 4 is 5.91 Å². The fourth-order valence-corrected chi connectivity index (χ4v) is 2.45. The molecule has 18 heavy (non-hydrogen) atoms. The highest BCUT2D eigenvalue weighted by atomic mass is 16.5. The van der Waals surface area contributed by atoms with Crippen LogP contribution in [0.15, 0.2) is 0 Å². The summed E-state index contributed by atoms with van der Waals surface area (Å²) in [5.74, 6) is 0.157. The number of piperazine rings is 1. The lowest BCUT2D eigenvalue weighted by Crippen LogP contribution is -2.45. The van der Waals surface area contributed by atoms with Crippen LogP contribution in [-0.2, 0) is 9.53 Å². The van der Waals surface area contributed by atoms with Gasteiger partial charge < -0.3 is 19.9 Å². The lowest BCUT2D eigenvalue weighted by atomic mass is 10.2. The van der Waals surface area contributed by atoms with Gasteiger partial charge in [-0.3, -0.25) is 4.79 Å². The monoisotopic (exact) mass is 255 g/mol. The summed E-state index contributed by atoms with van der Waals surface area (Å²) in [5, 5.41) is 2.97. The lowest BCUT2D eigenvalue weighted by molar-refractivity contribution is -0.122. The molecule has 2 rings (SSSR count). The molecule has 0 radical (unpaired) electrons. The van der Waals surface area contributed by atoms with Crippen LogP contribution in [0.1, 0.15) is 19.3 Å². The van der Waals surface area contributed by atoms with Crippen molar-refractivity contribution in [1.82, 2.24) is 15.1 Å². The molecule has 0 aromatic carbocycles. The van der Waals surface area contributed by atoms with Gasteiger partial charge in [-0.05, 0) is 19.9 Å². The Hall–Kier alpha value is -0.650. The van der Waals surface area contributed by atoms with Gasteiger partial charge in [0.15, 0.2) is 0 Å². The molecular weight excluding hydrogens is 230 g/mol. The Kier molecular flexibility index (Phi) is 5.41. The molecular formula is C13H25N3O2. The zero-order chi connectivity index (χ0) is 12.8. The molecule has 2 aliphatic rings. The van der Waals surface area contributed by atoms with Crippen molar-refractivity contribution in [3.63, 3.8) is 0 Å². The summed E-state index contributed by atoms with van der Waals surface area (Å²) in [4.78, 5) is 16.4. The Labute approximate surface area is 109 Å². The van der Waals surface area contributed by atoms with Gasteiger partial charge >= 0.3 is 0 Å². The molecule has 1 atom stereocenters. The molecule has 0 saturated carbocycles. The van der Waals surface area contributed by atoms with E-state index in [9.17, 15) is 4.79 Å². The molecule has 1 unspecified atom stereocenters. The first-order valence-electron chi connectivity index (χ1n) is 7.03. The average Bonchev–Trinajstić information content (AvgIpc) is 2.89. The Morgan fingerprint density at radius 3 is 2.78 bits per heavy atom. The SMILES string of the molecule is CN1CCN(CCC(=O)NCC2CCCO2)CC1. The molecule has 5 heteroatoms. The summed E-state index contributed by atoms with van der Waals surface area (Å²) in [6.07, 6.45) is 3.06. The van der Waals surface area contributed by atoms with Gasteiger partial charge in [-0.1, -0.05) is 0 Å². The van der Waals surface area contributed by atoms with Gasteiger partial charge in [0.1, 0.15) is 0 Å². The minimum atomic E-state index is 0.157. The van der Waals surface area contributed by atoms with Crippen LogP contribution in [0.4, 0.5) is 0 Å². The van der Waals surface area contributed by atoms with Crippen LogP contribution in [0.3, 0.4) is 0 Å². The van der Waals surface area contributed by atoms with E-state index >= 15 is 0 Å². The van der Waals surface area contributed by atoms with Gasteiger partial charge in [-0.15, -0.1) is 0 Å². The summed E-state index contributed by atoms with van der Waals surface area (Å²) in [5.41, 5.74) is 0.